The molecule has 1 saturated heterocycles. The van der Waals surface area contributed by atoms with E-state index in [0.29, 0.717) is 30.2 Å². The van der Waals surface area contributed by atoms with Crippen molar-refractivity contribution in [1.82, 2.24) is 14.6 Å². The molecular weight excluding hydrogens is 524 g/mol. The van der Waals surface area contributed by atoms with Gasteiger partial charge in [0.15, 0.2) is 5.13 Å². The summed E-state index contributed by atoms with van der Waals surface area (Å²) in [6.45, 7) is 0.608. The molecule has 2 aliphatic rings. The first-order valence-electron chi connectivity index (χ1n) is 12.8. The largest absolute Gasteiger partial charge is 0.445 e. The molecule has 0 radical (unpaired) electrons. The number of sulfonamides is 1. The normalized spacial score (nSPS) is 18.0. The van der Waals surface area contributed by atoms with Crippen molar-refractivity contribution in [2.75, 3.05) is 11.9 Å². The number of likely N-dealkylation sites (tertiary alicyclic amines) is 1. The molecule has 2 heterocycles. The first-order valence-corrected chi connectivity index (χ1v) is 15.1. The van der Waals surface area contributed by atoms with Gasteiger partial charge in [0.2, 0.25) is 15.9 Å². The van der Waals surface area contributed by atoms with Crippen molar-refractivity contribution in [3.8, 4) is 11.3 Å². The Hall–Kier alpha value is -3.28. The van der Waals surface area contributed by atoms with Crippen molar-refractivity contribution in [2.24, 2.45) is 0 Å². The van der Waals surface area contributed by atoms with Crippen LogP contribution in [0.3, 0.4) is 0 Å². The number of carbonyl (C=O) groups excluding carboxylic acids is 2. The Bertz CT molecular complexity index is 1370. The predicted molar refractivity (Wildman–Crippen MR) is 145 cm³/mol. The molecule has 1 aliphatic heterocycles. The first kappa shape index (κ1) is 26.3. The molecule has 0 bridgehead atoms. The van der Waals surface area contributed by atoms with Crippen molar-refractivity contribution in [3.05, 3.63) is 65.5 Å². The fraction of sp³-hybridized carbons (Fsp3) is 0.370. The van der Waals surface area contributed by atoms with Gasteiger partial charge >= 0.3 is 6.09 Å². The summed E-state index contributed by atoms with van der Waals surface area (Å²) in [7, 11) is -3.56. The lowest BCUT2D eigenvalue weighted by molar-refractivity contribution is -0.120. The maximum absolute atomic E-state index is 13.0. The van der Waals surface area contributed by atoms with E-state index in [9.17, 15) is 18.0 Å². The number of nitrogens with zero attached hydrogens (tertiary/aromatic N) is 2. The number of anilines is 1. The highest BCUT2D eigenvalue weighted by molar-refractivity contribution is 7.89. The summed E-state index contributed by atoms with van der Waals surface area (Å²) in [5.41, 5.74) is 2.25. The van der Waals surface area contributed by atoms with Gasteiger partial charge in [-0.2, -0.15) is 0 Å². The molecule has 38 heavy (non-hydrogen) atoms. The van der Waals surface area contributed by atoms with Crippen LogP contribution >= 0.6 is 11.3 Å². The van der Waals surface area contributed by atoms with Gasteiger partial charge < -0.3 is 10.1 Å². The van der Waals surface area contributed by atoms with Crippen LogP contribution in [-0.2, 0) is 26.2 Å². The number of rotatable bonds is 8. The highest BCUT2D eigenvalue weighted by Crippen LogP contribution is 2.28. The molecule has 2 amide bonds. The van der Waals surface area contributed by atoms with Gasteiger partial charge in [0, 0.05) is 23.5 Å². The second-order valence-corrected chi connectivity index (χ2v) is 12.1. The van der Waals surface area contributed by atoms with Gasteiger partial charge in [-0.15, -0.1) is 11.3 Å². The molecule has 1 unspecified atom stereocenters. The number of hydrogen-bond acceptors (Lipinski definition) is 7. The molecule has 1 aromatic heterocycles. The zero-order valence-electron chi connectivity index (χ0n) is 20.8. The van der Waals surface area contributed by atoms with Crippen molar-refractivity contribution in [2.45, 2.75) is 62.1 Å². The second-order valence-electron chi connectivity index (χ2n) is 9.55. The Kier molecular flexibility index (Phi) is 8.06. The Balaban J connectivity index is 1.18. The van der Waals surface area contributed by atoms with Gasteiger partial charge in [0.25, 0.3) is 0 Å². The van der Waals surface area contributed by atoms with Gasteiger partial charge in [-0.05, 0) is 43.4 Å². The molecule has 3 aromatic rings. The maximum Gasteiger partial charge on any atom is 0.410 e. The van der Waals surface area contributed by atoms with Crippen molar-refractivity contribution in [3.63, 3.8) is 0 Å². The number of nitrogens with one attached hydrogen (secondary N) is 2. The second kappa shape index (κ2) is 11.6. The average molecular weight is 555 g/mol. The minimum absolute atomic E-state index is 0.00546. The summed E-state index contributed by atoms with van der Waals surface area (Å²) in [5.74, 6) is -0.306. The Morgan fingerprint density at radius 3 is 2.47 bits per heavy atom. The molecule has 11 heteroatoms. The molecule has 1 aliphatic carbocycles. The summed E-state index contributed by atoms with van der Waals surface area (Å²) in [6, 6.07) is 15.4. The molecular formula is C27H30N4O5S2. The average Bonchev–Trinajstić information content (AvgIpc) is 3.70. The van der Waals surface area contributed by atoms with Gasteiger partial charge in [0.05, 0.1) is 10.6 Å². The molecule has 9 nitrogen and oxygen atoms in total. The third kappa shape index (κ3) is 6.23. The van der Waals surface area contributed by atoms with E-state index in [4.69, 9.17) is 4.74 Å². The fourth-order valence-electron chi connectivity index (χ4n) is 4.85. The van der Waals surface area contributed by atoms with Crippen LogP contribution < -0.4 is 10.0 Å². The standard InChI is InChI=1S/C27H30N4O5S2/c32-25(24-11-6-16-31(24)27(33)36-17-19-7-2-1-3-8-19)29-26-28-23(18-37-26)20-12-14-22(15-13-20)38(34,35)30-21-9-4-5-10-21/h1-3,7-8,12-15,18,21,24,30H,4-6,9-11,16-17H2,(H,28,29,32). The minimum atomic E-state index is -3.56. The summed E-state index contributed by atoms with van der Waals surface area (Å²) in [6.07, 6.45) is 4.60. The Labute approximate surface area is 226 Å². The van der Waals surface area contributed by atoms with Crippen molar-refractivity contribution in [1.29, 1.82) is 0 Å². The minimum Gasteiger partial charge on any atom is -0.445 e. The van der Waals surface area contributed by atoms with Crippen LogP contribution in [-0.4, -0.2) is 48.9 Å². The number of aromatic nitrogens is 1. The van der Waals surface area contributed by atoms with E-state index in [1.54, 1.807) is 29.6 Å². The monoisotopic (exact) mass is 554 g/mol. The quantitative estimate of drug-likeness (QED) is 0.414. The van der Waals surface area contributed by atoms with Crippen molar-refractivity contribution >= 4 is 38.5 Å². The molecule has 2 fully saturated rings. The molecule has 2 aromatic carbocycles. The molecule has 1 saturated carbocycles. The number of ether oxygens (including phenoxy) is 1. The van der Waals surface area contributed by atoms with Crippen LogP contribution in [0.25, 0.3) is 11.3 Å². The van der Waals surface area contributed by atoms with Crippen LogP contribution in [0.15, 0.2) is 64.9 Å². The van der Waals surface area contributed by atoms with Crippen LogP contribution in [0, 0.1) is 0 Å². The number of benzene rings is 2. The lowest BCUT2D eigenvalue weighted by Gasteiger charge is -2.22. The third-order valence-corrected chi connectivity index (χ3v) is 9.16. The zero-order chi connectivity index (χ0) is 26.5. The first-order chi connectivity index (χ1) is 18.4. The summed E-state index contributed by atoms with van der Waals surface area (Å²) in [4.78, 5) is 31.8. The van der Waals surface area contributed by atoms with Crippen LogP contribution in [0.4, 0.5) is 9.93 Å². The molecule has 1 atom stereocenters. The van der Waals surface area contributed by atoms with E-state index in [1.807, 2.05) is 30.3 Å². The van der Waals surface area contributed by atoms with E-state index in [-0.39, 0.29) is 23.5 Å². The van der Waals surface area contributed by atoms with E-state index >= 15 is 0 Å². The number of amides is 2. The highest BCUT2D eigenvalue weighted by Gasteiger charge is 2.35. The van der Waals surface area contributed by atoms with Gasteiger partial charge in [-0.3, -0.25) is 9.69 Å². The van der Waals surface area contributed by atoms with Crippen LogP contribution in [0.1, 0.15) is 44.1 Å². The van der Waals surface area contributed by atoms with Gasteiger partial charge in [-0.1, -0.05) is 55.3 Å². The lowest BCUT2D eigenvalue weighted by atomic mass is 10.2. The summed E-state index contributed by atoms with van der Waals surface area (Å²) >= 11 is 1.27. The van der Waals surface area contributed by atoms with Crippen LogP contribution in [0.5, 0.6) is 0 Å². The Morgan fingerprint density at radius 2 is 1.74 bits per heavy atom. The summed E-state index contributed by atoms with van der Waals surface area (Å²) in [5, 5.41) is 5.04. The molecule has 2 N–H and O–H groups in total. The number of carbonyl (C=O) groups is 2. The maximum atomic E-state index is 13.0. The smallest absolute Gasteiger partial charge is 0.410 e. The lowest BCUT2D eigenvalue weighted by Crippen LogP contribution is -2.43. The van der Waals surface area contributed by atoms with Crippen molar-refractivity contribution < 1.29 is 22.7 Å². The topological polar surface area (TPSA) is 118 Å². The highest BCUT2D eigenvalue weighted by atomic mass is 32.2. The van der Waals surface area contributed by atoms with E-state index in [0.717, 1.165) is 36.8 Å². The zero-order valence-corrected chi connectivity index (χ0v) is 22.5. The van der Waals surface area contributed by atoms with E-state index < -0.39 is 22.2 Å². The fourth-order valence-corrected chi connectivity index (χ4v) is 6.88. The Morgan fingerprint density at radius 1 is 1.00 bits per heavy atom. The molecule has 5 rings (SSSR count). The van der Waals surface area contributed by atoms with Gasteiger partial charge in [0.1, 0.15) is 12.6 Å². The van der Waals surface area contributed by atoms with Gasteiger partial charge in [-0.25, -0.2) is 22.9 Å². The molecule has 0 spiro atoms. The third-order valence-electron chi connectivity index (χ3n) is 6.87. The van der Waals surface area contributed by atoms with Crippen LogP contribution in [0.2, 0.25) is 0 Å². The number of hydrogen-bond donors (Lipinski definition) is 2. The number of thiazole rings is 1. The summed E-state index contributed by atoms with van der Waals surface area (Å²) < 4.78 is 33.5. The molecule has 200 valence electrons. The van der Waals surface area contributed by atoms with E-state index in [1.165, 1.54) is 16.2 Å². The SMILES string of the molecule is O=C(Nc1nc(-c2ccc(S(=O)(=O)NC3CCCC3)cc2)cs1)C1CCCN1C(=O)OCc1ccccc1. The predicted octanol–water partition coefficient (Wildman–Crippen LogP) is 4.77. The van der Waals surface area contributed by atoms with E-state index in [2.05, 4.69) is 15.0 Å².